The van der Waals surface area contributed by atoms with Crippen LogP contribution in [0.4, 0.5) is 0 Å². The Morgan fingerprint density at radius 3 is 2.44 bits per heavy atom. The summed E-state index contributed by atoms with van der Waals surface area (Å²) >= 11 is 0. The summed E-state index contributed by atoms with van der Waals surface area (Å²) in [5.74, 6) is 0.975. The molecule has 0 bridgehead atoms. The second-order valence-electron chi connectivity index (χ2n) is 7.40. The number of piperazine rings is 1. The van der Waals surface area contributed by atoms with Crippen molar-refractivity contribution in [2.75, 3.05) is 46.3 Å². The molecular formula is C17H35Cl3N4O. The molecule has 5 nitrogen and oxygen atoms in total. The first-order chi connectivity index (χ1) is 10.7. The van der Waals surface area contributed by atoms with Gasteiger partial charge in [-0.1, -0.05) is 12.8 Å². The summed E-state index contributed by atoms with van der Waals surface area (Å²) < 4.78 is 0. The van der Waals surface area contributed by atoms with Crippen molar-refractivity contribution in [3.63, 3.8) is 0 Å². The zero-order valence-electron chi connectivity index (χ0n) is 15.2. The van der Waals surface area contributed by atoms with Gasteiger partial charge in [0.1, 0.15) is 0 Å². The molecule has 0 aromatic heterocycles. The predicted molar refractivity (Wildman–Crippen MR) is 111 cm³/mol. The third-order valence-electron chi connectivity index (χ3n) is 5.73. The van der Waals surface area contributed by atoms with E-state index >= 15 is 0 Å². The number of hydrogen-bond acceptors (Lipinski definition) is 4. The summed E-state index contributed by atoms with van der Waals surface area (Å²) in [6.45, 7) is 6.59. The second-order valence-corrected chi connectivity index (χ2v) is 7.40. The summed E-state index contributed by atoms with van der Waals surface area (Å²) in [6, 6.07) is 0.673. The lowest BCUT2D eigenvalue weighted by molar-refractivity contribution is -0.122. The molecule has 2 heterocycles. The molecule has 3 atom stereocenters. The highest BCUT2D eigenvalue weighted by molar-refractivity contribution is 5.86. The maximum Gasteiger partial charge on any atom is 0.237 e. The summed E-state index contributed by atoms with van der Waals surface area (Å²) in [6.07, 6.45) is 7.36. The van der Waals surface area contributed by atoms with E-state index in [1.807, 2.05) is 0 Å². The molecule has 2 saturated heterocycles. The number of carbonyl (C=O) groups is 1. The number of nitrogens with zero attached hydrogens (tertiary/aromatic N) is 2. The van der Waals surface area contributed by atoms with Gasteiger partial charge in [0, 0.05) is 38.8 Å². The van der Waals surface area contributed by atoms with E-state index in [1.54, 1.807) is 0 Å². The molecule has 0 aromatic carbocycles. The quantitative estimate of drug-likeness (QED) is 0.671. The first kappa shape index (κ1) is 25.2. The summed E-state index contributed by atoms with van der Waals surface area (Å²) in [5.41, 5.74) is 0. The standard InChI is InChI=1S/C17H32N4O.3ClH/c1-20-9-11-21(12-10-20)8-4-7-18-17(22)16-13-14-5-2-3-6-15(14)19-16;;;/h14-16,19H,2-13H2,1H3,(H,18,22);3*1H. The van der Waals surface area contributed by atoms with Gasteiger partial charge in [-0.15, -0.1) is 37.2 Å². The number of halogens is 3. The highest BCUT2D eigenvalue weighted by atomic mass is 35.5. The number of amides is 1. The number of likely N-dealkylation sites (N-methyl/N-ethyl adjacent to an activating group) is 1. The zero-order chi connectivity index (χ0) is 15.4. The van der Waals surface area contributed by atoms with Gasteiger partial charge in [-0.3, -0.25) is 4.79 Å². The molecule has 150 valence electrons. The average molecular weight is 418 g/mol. The van der Waals surface area contributed by atoms with Crippen LogP contribution in [0.25, 0.3) is 0 Å². The maximum atomic E-state index is 12.3. The molecule has 2 aliphatic heterocycles. The zero-order valence-corrected chi connectivity index (χ0v) is 17.7. The van der Waals surface area contributed by atoms with Crippen LogP contribution in [0, 0.1) is 5.92 Å². The van der Waals surface area contributed by atoms with Gasteiger partial charge in [0.05, 0.1) is 6.04 Å². The number of carbonyl (C=O) groups excluding carboxylic acids is 1. The van der Waals surface area contributed by atoms with Gasteiger partial charge < -0.3 is 20.4 Å². The third kappa shape index (κ3) is 7.39. The third-order valence-corrected chi connectivity index (χ3v) is 5.73. The van der Waals surface area contributed by atoms with Crippen molar-refractivity contribution < 1.29 is 4.79 Å². The summed E-state index contributed by atoms with van der Waals surface area (Å²) in [7, 11) is 2.18. The van der Waals surface area contributed by atoms with E-state index in [0.29, 0.717) is 6.04 Å². The Balaban J connectivity index is 0.00000192. The van der Waals surface area contributed by atoms with Crippen LogP contribution >= 0.6 is 37.2 Å². The Kier molecular flexibility index (Phi) is 12.7. The van der Waals surface area contributed by atoms with Crippen LogP contribution in [0.2, 0.25) is 0 Å². The molecular weight excluding hydrogens is 383 g/mol. The van der Waals surface area contributed by atoms with Crippen LogP contribution in [-0.4, -0.2) is 74.1 Å². The molecule has 0 radical (unpaired) electrons. The van der Waals surface area contributed by atoms with Crippen molar-refractivity contribution in [2.24, 2.45) is 5.92 Å². The molecule has 3 unspecified atom stereocenters. The van der Waals surface area contributed by atoms with Crippen molar-refractivity contribution in [2.45, 2.75) is 50.6 Å². The lowest BCUT2D eigenvalue weighted by Crippen LogP contribution is -2.46. The number of rotatable bonds is 5. The lowest BCUT2D eigenvalue weighted by atomic mass is 9.85. The van der Waals surface area contributed by atoms with E-state index in [2.05, 4.69) is 27.5 Å². The van der Waals surface area contributed by atoms with Gasteiger partial charge in [0.15, 0.2) is 0 Å². The molecule has 3 fully saturated rings. The Hall–Kier alpha value is 0.220. The first-order valence-electron chi connectivity index (χ1n) is 9.17. The first-order valence-corrected chi connectivity index (χ1v) is 9.17. The van der Waals surface area contributed by atoms with E-state index in [-0.39, 0.29) is 49.2 Å². The van der Waals surface area contributed by atoms with Gasteiger partial charge >= 0.3 is 0 Å². The van der Waals surface area contributed by atoms with E-state index in [0.717, 1.165) is 44.9 Å². The second kappa shape index (κ2) is 12.6. The van der Waals surface area contributed by atoms with Crippen molar-refractivity contribution in [3.8, 4) is 0 Å². The van der Waals surface area contributed by atoms with Crippen LogP contribution in [-0.2, 0) is 4.79 Å². The summed E-state index contributed by atoms with van der Waals surface area (Å²) in [5, 5.41) is 6.70. The molecule has 0 aromatic rings. The Labute approximate surface area is 171 Å². The minimum Gasteiger partial charge on any atom is -0.355 e. The van der Waals surface area contributed by atoms with Crippen molar-refractivity contribution in [3.05, 3.63) is 0 Å². The molecule has 1 saturated carbocycles. The fourth-order valence-corrected chi connectivity index (χ4v) is 4.23. The van der Waals surface area contributed by atoms with Gasteiger partial charge in [-0.25, -0.2) is 0 Å². The topological polar surface area (TPSA) is 47.6 Å². The van der Waals surface area contributed by atoms with E-state index in [1.165, 1.54) is 38.8 Å². The number of fused-ring (bicyclic) bond motifs is 1. The van der Waals surface area contributed by atoms with Crippen LogP contribution in [0.3, 0.4) is 0 Å². The molecule has 0 spiro atoms. The number of nitrogens with one attached hydrogen (secondary N) is 2. The van der Waals surface area contributed by atoms with Crippen LogP contribution < -0.4 is 10.6 Å². The van der Waals surface area contributed by atoms with E-state index in [9.17, 15) is 4.79 Å². The Morgan fingerprint density at radius 2 is 1.76 bits per heavy atom. The van der Waals surface area contributed by atoms with Gasteiger partial charge in [-0.05, 0) is 45.2 Å². The fourth-order valence-electron chi connectivity index (χ4n) is 4.23. The lowest BCUT2D eigenvalue weighted by Gasteiger charge is -2.32. The highest BCUT2D eigenvalue weighted by Gasteiger charge is 2.37. The predicted octanol–water partition coefficient (Wildman–Crippen LogP) is 1.93. The monoisotopic (exact) mass is 416 g/mol. The fraction of sp³-hybridized carbons (Fsp3) is 0.941. The molecule has 3 aliphatic rings. The smallest absolute Gasteiger partial charge is 0.237 e. The van der Waals surface area contributed by atoms with Crippen molar-refractivity contribution in [1.29, 1.82) is 0 Å². The number of hydrogen-bond donors (Lipinski definition) is 2. The van der Waals surface area contributed by atoms with Crippen LogP contribution in [0.1, 0.15) is 38.5 Å². The highest BCUT2D eigenvalue weighted by Crippen LogP contribution is 2.33. The van der Waals surface area contributed by atoms with Gasteiger partial charge in [0.25, 0.3) is 0 Å². The molecule has 25 heavy (non-hydrogen) atoms. The Bertz CT molecular complexity index is 367. The SMILES string of the molecule is CN1CCN(CCCNC(=O)C2CC3CCCCC3N2)CC1.Cl.Cl.Cl. The molecule has 3 rings (SSSR count). The summed E-state index contributed by atoms with van der Waals surface area (Å²) in [4.78, 5) is 17.2. The normalized spacial score (nSPS) is 29.6. The Morgan fingerprint density at radius 1 is 1.08 bits per heavy atom. The van der Waals surface area contributed by atoms with Crippen molar-refractivity contribution >= 4 is 43.1 Å². The minimum absolute atomic E-state index is 0. The van der Waals surface area contributed by atoms with Crippen molar-refractivity contribution in [1.82, 2.24) is 20.4 Å². The minimum atomic E-state index is 0. The molecule has 2 N–H and O–H groups in total. The van der Waals surface area contributed by atoms with E-state index in [4.69, 9.17) is 0 Å². The largest absolute Gasteiger partial charge is 0.355 e. The van der Waals surface area contributed by atoms with Gasteiger partial charge in [0.2, 0.25) is 5.91 Å². The van der Waals surface area contributed by atoms with Crippen LogP contribution in [0.15, 0.2) is 0 Å². The molecule has 1 aliphatic carbocycles. The molecule has 8 heteroatoms. The van der Waals surface area contributed by atoms with E-state index < -0.39 is 0 Å². The molecule has 1 amide bonds. The van der Waals surface area contributed by atoms with Gasteiger partial charge in [-0.2, -0.15) is 0 Å². The van der Waals surface area contributed by atoms with Crippen LogP contribution in [0.5, 0.6) is 0 Å². The average Bonchev–Trinajstić information content (AvgIpc) is 2.97. The maximum absolute atomic E-state index is 12.3.